The maximum atomic E-state index is 12.5. The van der Waals surface area contributed by atoms with E-state index in [1.54, 1.807) is 0 Å². The monoisotopic (exact) mass is 306 g/mol. The number of benzene rings is 1. The summed E-state index contributed by atoms with van der Waals surface area (Å²) in [6.07, 6.45) is 5.64. The van der Waals surface area contributed by atoms with Crippen LogP contribution < -0.4 is 0 Å². The lowest BCUT2D eigenvalue weighted by Gasteiger charge is -2.27. The summed E-state index contributed by atoms with van der Waals surface area (Å²) in [7, 11) is -3.20. The molecule has 0 N–H and O–H groups in total. The van der Waals surface area contributed by atoms with Crippen molar-refractivity contribution in [2.75, 3.05) is 5.75 Å². The highest BCUT2D eigenvalue weighted by molar-refractivity contribution is 7.92. The van der Waals surface area contributed by atoms with Gasteiger partial charge in [0.1, 0.15) is 5.25 Å². The Balaban J connectivity index is 1.77. The van der Waals surface area contributed by atoms with E-state index < -0.39 is 15.1 Å². The van der Waals surface area contributed by atoms with Gasteiger partial charge in [0.15, 0.2) is 15.6 Å². The van der Waals surface area contributed by atoms with E-state index in [4.69, 9.17) is 0 Å². The molecule has 1 aliphatic heterocycles. The molecule has 0 amide bonds. The maximum absolute atomic E-state index is 12.5. The molecule has 1 aromatic carbocycles. The third kappa shape index (κ3) is 3.05. The fourth-order valence-corrected chi connectivity index (χ4v) is 5.67. The van der Waals surface area contributed by atoms with Gasteiger partial charge in [0, 0.05) is 6.42 Å². The lowest BCUT2D eigenvalue weighted by atomic mass is 9.80. The summed E-state index contributed by atoms with van der Waals surface area (Å²) >= 11 is 0. The molecule has 0 bridgehead atoms. The third-order valence-corrected chi connectivity index (χ3v) is 7.10. The second kappa shape index (κ2) is 5.91. The Morgan fingerprint density at radius 1 is 1.10 bits per heavy atom. The Hall–Kier alpha value is -1.16. The van der Waals surface area contributed by atoms with Crippen LogP contribution in [-0.4, -0.2) is 25.2 Å². The molecule has 0 spiro atoms. The Bertz CT molecular complexity index is 633. The van der Waals surface area contributed by atoms with Crippen molar-refractivity contribution in [3.05, 3.63) is 35.4 Å². The average Bonchev–Trinajstić information content (AvgIpc) is 2.47. The molecule has 0 aromatic heterocycles. The van der Waals surface area contributed by atoms with Crippen LogP contribution >= 0.6 is 0 Å². The van der Waals surface area contributed by atoms with Crippen molar-refractivity contribution in [1.82, 2.24) is 0 Å². The average molecular weight is 306 g/mol. The molecule has 1 aromatic rings. The quantitative estimate of drug-likeness (QED) is 0.862. The fraction of sp³-hybridized carbons (Fsp3) is 0.588. The number of carbonyl (C=O) groups is 1. The van der Waals surface area contributed by atoms with Gasteiger partial charge in [-0.15, -0.1) is 0 Å². The van der Waals surface area contributed by atoms with Crippen molar-refractivity contribution in [3.8, 4) is 0 Å². The van der Waals surface area contributed by atoms with Gasteiger partial charge in [-0.05, 0) is 49.1 Å². The highest BCUT2D eigenvalue weighted by Gasteiger charge is 2.36. The van der Waals surface area contributed by atoms with Crippen LogP contribution in [0.2, 0.25) is 0 Å². The van der Waals surface area contributed by atoms with Crippen molar-refractivity contribution in [2.24, 2.45) is 0 Å². The first-order valence-electron chi connectivity index (χ1n) is 7.90. The number of sulfone groups is 1. The zero-order valence-electron chi connectivity index (χ0n) is 12.3. The molecule has 3 nitrogen and oxygen atoms in total. The van der Waals surface area contributed by atoms with Crippen LogP contribution in [0.4, 0.5) is 0 Å². The van der Waals surface area contributed by atoms with E-state index in [-0.39, 0.29) is 17.5 Å². The van der Waals surface area contributed by atoms with Crippen LogP contribution in [0.5, 0.6) is 0 Å². The van der Waals surface area contributed by atoms with E-state index in [2.05, 4.69) is 12.1 Å². The minimum atomic E-state index is -3.20. The Morgan fingerprint density at radius 3 is 2.71 bits per heavy atom. The van der Waals surface area contributed by atoms with E-state index in [9.17, 15) is 13.2 Å². The van der Waals surface area contributed by atoms with Crippen LogP contribution in [0.15, 0.2) is 24.3 Å². The molecular weight excluding hydrogens is 284 g/mol. The van der Waals surface area contributed by atoms with Crippen LogP contribution in [0, 0.1) is 0 Å². The molecular formula is C17H22O3S. The lowest BCUT2D eigenvalue weighted by molar-refractivity contribution is -0.119. The topological polar surface area (TPSA) is 51.2 Å². The van der Waals surface area contributed by atoms with Crippen LogP contribution in [-0.2, 0) is 21.1 Å². The van der Waals surface area contributed by atoms with E-state index in [1.165, 1.54) is 11.1 Å². The van der Waals surface area contributed by atoms with E-state index >= 15 is 0 Å². The van der Waals surface area contributed by atoms with Crippen LogP contribution in [0.3, 0.4) is 0 Å². The summed E-state index contributed by atoms with van der Waals surface area (Å²) in [5, 5.41) is -0.736. The zero-order valence-corrected chi connectivity index (χ0v) is 13.1. The Kier molecular flexibility index (Phi) is 4.16. The van der Waals surface area contributed by atoms with Gasteiger partial charge >= 0.3 is 0 Å². The van der Waals surface area contributed by atoms with E-state index in [0.717, 1.165) is 25.7 Å². The number of rotatable bonds is 3. The molecule has 21 heavy (non-hydrogen) atoms. The van der Waals surface area contributed by atoms with Crippen molar-refractivity contribution in [2.45, 2.75) is 56.1 Å². The first kappa shape index (κ1) is 14.8. The fourth-order valence-electron chi connectivity index (χ4n) is 3.76. The molecule has 1 heterocycles. The van der Waals surface area contributed by atoms with E-state index in [0.29, 0.717) is 19.3 Å². The molecule has 0 saturated carbocycles. The highest BCUT2D eigenvalue weighted by atomic mass is 32.2. The molecule has 4 heteroatoms. The molecule has 0 radical (unpaired) electrons. The van der Waals surface area contributed by atoms with Crippen LogP contribution in [0.1, 0.15) is 55.6 Å². The van der Waals surface area contributed by atoms with E-state index in [1.807, 2.05) is 12.1 Å². The van der Waals surface area contributed by atoms with Gasteiger partial charge in [-0.2, -0.15) is 0 Å². The lowest BCUT2D eigenvalue weighted by Crippen LogP contribution is -2.36. The molecule has 1 saturated heterocycles. The molecule has 2 unspecified atom stereocenters. The van der Waals surface area contributed by atoms with Crippen molar-refractivity contribution >= 4 is 15.6 Å². The first-order valence-corrected chi connectivity index (χ1v) is 9.61. The summed E-state index contributed by atoms with van der Waals surface area (Å²) < 4.78 is 24.2. The third-order valence-electron chi connectivity index (χ3n) is 4.88. The number of aryl methyl sites for hydroxylation is 1. The van der Waals surface area contributed by atoms with Crippen molar-refractivity contribution < 1.29 is 13.2 Å². The van der Waals surface area contributed by atoms with Crippen molar-refractivity contribution in [1.29, 1.82) is 0 Å². The van der Waals surface area contributed by atoms with Gasteiger partial charge in [-0.1, -0.05) is 30.7 Å². The summed E-state index contributed by atoms with van der Waals surface area (Å²) in [5.41, 5.74) is 2.58. The predicted molar refractivity (Wildman–Crippen MR) is 83.2 cm³/mol. The second-order valence-corrected chi connectivity index (χ2v) is 8.61. The molecule has 2 atom stereocenters. The predicted octanol–water partition coefficient (Wildman–Crippen LogP) is 3.03. The van der Waals surface area contributed by atoms with Crippen molar-refractivity contribution in [3.63, 3.8) is 0 Å². The summed E-state index contributed by atoms with van der Waals surface area (Å²) in [6, 6.07) is 8.28. The number of hydrogen-bond donors (Lipinski definition) is 0. The minimum Gasteiger partial charge on any atom is -0.298 e. The highest BCUT2D eigenvalue weighted by Crippen LogP contribution is 2.35. The summed E-state index contributed by atoms with van der Waals surface area (Å²) in [5.74, 6) is 0.334. The number of Topliss-reactive ketones (excluding diaryl/α,β-unsaturated/α-hetero) is 1. The van der Waals surface area contributed by atoms with Gasteiger partial charge in [0.2, 0.25) is 0 Å². The largest absolute Gasteiger partial charge is 0.298 e. The number of carbonyl (C=O) groups excluding carboxylic acids is 1. The Morgan fingerprint density at radius 2 is 1.90 bits per heavy atom. The standard InChI is InChI=1S/C17H22O3S/c18-16(17-10-3-4-11-21(17,19)20)12-14-8-5-7-13-6-1-2-9-15(13)14/h1-2,6,9,14,17H,3-5,7-8,10-12H2. The molecule has 2 aliphatic rings. The SMILES string of the molecule is O=C(CC1CCCc2ccccc21)C1CCCCS1(=O)=O. The second-order valence-electron chi connectivity index (χ2n) is 6.31. The normalized spacial score (nSPS) is 27.8. The minimum absolute atomic E-state index is 0.0589. The van der Waals surface area contributed by atoms with Gasteiger partial charge in [0.05, 0.1) is 5.75 Å². The summed E-state index contributed by atoms with van der Waals surface area (Å²) in [4.78, 5) is 12.5. The number of hydrogen-bond acceptors (Lipinski definition) is 3. The maximum Gasteiger partial charge on any atom is 0.160 e. The molecule has 114 valence electrons. The van der Waals surface area contributed by atoms with Gasteiger partial charge in [-0.3, -0.25) is 4.79 Å². The molecule has 1 aliphatic carbocycles. The van der Waals surface area contributed by atoms with Gasteiger partial charge in [0.25, 0.3) is 0 Å². The van der Waals surface area contributed by atoms with Gasteiger partial charge < -0.3 is 0 Å². The van der Waals surface area contributed by atoms with Gasteiger partial charge in [-0.25, -0.2) is 8.42 Å². The molecule has 1 fully saturated rings. The number of ketones is 1. The number of fused-ring (bicyclic) bond motifs is 1. The zero-order chi connectivity index (χ0) is 14.9. The Labute approximate surface area is 126 Å². The first-order chi connectivity index (χ1) is 10.1. The summed E-state index contributed by atoms with van der Waals surface area (Å²) in [6.45, 7) is 0. The smallest absolute Gasteiger partial charge is 0.160 e. The molecule has 3 rings (SSSR count). The van der Waals surface area contributed by atoms with Crippen LogP contribution in [0.25, 0.3) is 0 Å².